The van der Waals surface area contributed by atoms with Crippen molar-refractivity contribution in [3.63, 3.8) is 0 Å². The lowest BCUT2D eigenvalue weighted by atomic mass is 10.00. The molecule has 1 aliphatic heterocycles. The monoisotopic (exact) mass is 316 g/mol. The van der Waals surface area contributed by atoms with Gasteiger partial charge in [-0.3, -0.25) is 4.79 Å². The molecule has 2 rings (SSSR count). The average molecular weight is 316 g/mol. The third kappa shape index (κ3) is 4.18. The quantitative estimate of drug-likeness (QED) is 0.785. The van der Waals surface area contributed by atoms with Crippen LogP contribution in [0.15, 0.2) is 34.3 Å². The molecule has 0 aromatic heterocycles. The van der Waals surface area contributed by atoms with Crippen LogP contribution in [-0.2, 0) is 15.9 Å². The molecule has 1 heterocycles. The van der Waals surface area contributed by atoms with E-state index >= 15 is 0 Å². The van der Waals surface area contributed by atoms with Crippen LogP contribution in [0.25, 0.3) is 0 Å². The molecule has 0 fully saturated rings. The summed E-state index contributed by atoms with van der Waals surface area (Å²) in [5.41, 5.74) is 1.79. The second kappa shape index (κ2) is 7.90. The first kappa shape index (κ1) is 17.2. The molecule has 1 unspecified atom stereocenters. The summed E-state index contributed by atoms with van der Waals surface area (Å²) in [7, 11) is 3.26. The first-order valence-electron chi connectivity index (χ1n) is 7.86. The van der Waals surface area contributed by atoms with Crippen LogP contribution in [-0.4, -0.2) is 44.4 Å². The number of methoxy groups -OCH3 is 2. The molecule has 124 valence electrons. The lowest BCUT2D eigenvalue weighted by Crippen LogP contribution is -2.37. The van der Waals surface area contributed by atoms with Crippen molar-refractivity contribution in [2.45, 2.75) is 38.8 Å². The van der Waals surface area contributed by atoms with Crippen LogP contribution >= 0.6 is 0 Å². The smallest absolute Gasteiger partial charge is 0.209 e. The fourth-order valence-corrected chi connectivity index (χ4v) is 2.67. The van der Waals surface area contributed by atoms with E-state index < -0.39 is 0 Å². The Labute approximate surface area is 137 Å². The van der Waals surface area contributed by atoms with Gasteiger partial charge in [0, 0.05) is 5.56 Å². The highest BCUT2D eigenvalue weighted by atomic mass is 16.5. The van der Waals surface area contributed by atoms with Gasteiger partial charge in [0.05, 0.1) is 14.2 Å². The second-order valence-corrected chi connectivity index (χ2v) is 5.95. The number of rotatable bonds is 5. The molecule has 1 aromatic carbocycles. The fourth-order valence-electron chi connectivity index (χ4n) is 2.67. The van der Waals surface area contributed by atoms with E-state index in [1.165, 1.54) is 0 Å². The summed E-state index contributed by atoms with van der Waals surface area (Å²) in [5.74, 6) is 1.60. The highest BCUT2D eigenvalue weighted by Gasteiger charge is 2.30. The maximum Gasteiger partial charge on any atom is 0.209 e. The predicted octanol–water partition coefficient (Wildman–Crippen LogP) is 2.93. The molecule has 0 radical (unpaired) electrons. The van der Waals surface area contributed by atoms with Crippen LogP contribution in [0, 0.1) is 5.92 Å². The van der Waals surface area contributed by atoms with Crippen LogP contribution in [0.4, 0.5) is 0 Å². The van der Waals surface area contributed by atoms with Crippen molar-refractivity contribution in [2.75, 3.05) is 14.2 Å². The Bertz CT molecular complexity index is 608. The lowest BCUT2D eigenvalue weighted by Gasteiger charge is -2.27. The van der Waals surface area contributed by atoms with Crippen molar-refractivity contribution < 1.29 is 14.3 Å². The highest BCUT2D eigenvalue weighted by molar-refractivity contribution is 5.94. The Morgan fingerprint density at radius 3 is 2.52 bits per heavy atom. The summed E-state index contributed by atoms with van der Waals surface area (Å²) >= 11 is 0. The van der Waals surface area contributed by atoms with E-state index in [-0.39, 0.29) is 12.1 Å². The molecule has 0 N–H and O–H groups in total. The molecule has 0 spiro atoms. The van der Waals surface area contributed by atoms with Crippen molar-refractivity contribution in [3.8, 4) is 0 Å². The number of carbonyl (C=O) groups excluding carboxylic acids is 1. The van der Waals surface area contributed by atoms with Gasteiger partial charge >= 0.3 is 0 Å². The molecule has 1 aromatic rings. The van der Waals surface area contributed by atoms with E-state index in [1.54, 1.807) is 20.3 Å². The Kier molecular flexibility index (Phi) is 5.90. The van der Waals surface area contributed by atoms with Crippen LogP contribution < -0.4 is 0 Å². The van der Waals surface area contributed by atoms with Gasteiger partial charge in [0.25, 0.3) is 0 Å². The largest absolute Gasteiger partial charge is 0.483 e. The molecule has 5 nitrogen and oxygen atoms in total. The van der Waals surface area contributed by atoms with E-state index in [2.05, 4.69) is 23.8 Å². The maximum atomic E-state index is 10.9. The first-order valence-corrected chi connectivity index (χ1v) is 7.86. The standard InChI is InChI=1S/C18H24N2O3/c1-12(2)16-18(23-4)19-15(17(20-16)22-3)9-8-13-6-5-7-14(10-13)11-21/h5-7,10-12,15-16H,8-9H2,1-4H3/t15-,16?/m0/s1. The van der Waals surface area contributed by atoms with Crippen molar-refractivity contribution in [1.29, 1.82) is 0 Å². The molecule has 23 heavy (non-hydrogen) atoms. The number of nitrogens with zero attached hydrogens (tertiary/aromatic N) is 2. The van der Waals surface area contributed by atoms with Crippen LogP contribution in [0.3, 0.4) is 0 Å². The second-order valence-electron chi connectivity index (χ2n) is 5.95. The minimum absolute atomic E-state index is 0.0930. The average Bonchev–Trinajstić information content (AvgIpc) is 2.59. The van der Waals surface area contributed by atoms with Gasteiger partial charge in [-0.15, -0.1) is 0 Å². The molecule has 0 amide bonds. The van der Waals surface area contributed by atoms with Gasteiger partial charge in [-0.2, -0.15) is 0 Å². The van der Waals surface area contributed by atoms with Gasteiger partial charge in [0.15, 0.2) is 0 Å². The fraction of sp³-hybridized carbons (Fsp3) is 0.500. The first-order chi connectivity index (χ1) is 11.1. The Balaban J connectivity index is 2.12. The maximum absolute atomic E-state index is 10.9. The number of aryl methyl sites for hydroxylation is 1. The SMILES string of the molecule is COC1=N[C@@H](CCc2cccc(C=O)c2)C(OC)=NC1C(C)C. The zero-order valence-electron chi connectivity index (χ0n) is 14.2. The van der Waals surface area contributed by atoms with E-state index in [1.807, 2.05) is 18.2 Å². The summed E-state index contributed by atoms with van der Waals surface area (Å²) in [6.45, 7) is 4.17. The Morgan fingerprint density at radius 1 is 1.17 bits per heavy atom. The Morgan fingerprint density at radius 2 is 1.91 bits per heavy atom. The van der Waals surface area contributed by atoms with E-state index in [0.29, 0.717) is 23.3 Å². The molecule has 0 saturated heterocycles. The van der Waals surface area contributed by atoms with Gasteiger partial charge in [-0.1, -0.05) is 32.0 Å². The minimum atomic E-state index is -0.148. The van der Waals surface area contributed by atoms with E-state index in [4.69, 9.17) is 9.47 Å². The lowest BCUT2D eigenvalue weighted by molar-refractivity contribution is 0.112. The summed E-state index contributed by atoms with van der Waals surface area (Å²) in [5, 5.41) is 0. The number of ether oxygens (including phenoxy) is 2. The third-order valence-corrected chi connectivity index (χ3v) is 3.93. The molecule has 0 saturated carbocycles. The van der Waals surface area contributed by atoms with E-state index in [0.717, 1.165) is 24.7 Å². The number of hydrogen-bond acceptors (Lipinski definition) is 5. The highest BCUT2D eigenvalue weighted by Crippen LogP contribution is 2.20. The normalized spacial score (nSPS) is 20.7. The molecule has 0 bridgehead atoms. The van der Waals surface area contributed by atoms with Crippen molar-refractivity contribution >= 4 is 18.1 Å². The summed E-state index contributed by atoms with van der Waals surface area (Å²) in [4.78, 5) is 20.2. The van der Waals surface area contributed by atoms with Crippen LogP contribution in [0.2, 0.25) is 0 Å². The molecular formula is C18H24N2O3. The van der Waals surface area contributed by atoms with Gasteiger partial charge < -0.3 is 9.47 Å². The van der Waals surface area contributed by atoms with Gasteiger partial charge in [-0.25, -0.2) is 9.98 Å². The summed E-state index contributed by atoms with van der Waals surface area (Å²) < 4.78 is 10.9. The van der Waals surface area contributed by atoms with Crippen molar-refractivity contribution in [3.05, 3.63) is 35.4 Å². The van der Waals surface area contributed by atoms with Gasteiger partial charge in [0.1, 0.15) is 18.4 Å². The number of hydrogen-bond donors (Lipinski definition) is 0. The number of aliphatic imine (C=N–C) groups is 2. The van der Waals surface area contributed by atoms with Crippen molar-refractivity contribution in [1.82, 2.24) is 0 Å². The van der Waals surface area contributed by atoms with Gasteiger partial charge in [0.2, 0.25) is 11.8 Å². The van der Waals surface area contributed by atoms with Crippen LogP contribution in [0.1, 0.15) is 36.2 Å². The van der Waals surface area contributed by atoms with Crippen molar-refractivity contribution in [2.24, 2.45) is 15.9 Å². The Hall–Kier alpha value is -2.17. The zero-order chi connectivity index (χ0) is 16.8. The summed E-state index contributed by atoms with van der Waals surface area (Å²) in [6.07, 6.45) is 2.41. The molecule has 5 heteroatoms. The van der Waals surface area contributed by atoms with E-state index in [9.17, 15) is 4.79 Å². The number of benzene rings is 1. The summed E-state index contributed by atoms with van der Waals surface area (Å²) in [6, 6.07) is 7.36. The topological polar surface area (TPSA) is 60.2 Å². The predicted molar refractivity (Wildman–Crippen MR) is 91.5 cm³/mol. The molecule has 0 aliphatic carbocycles. The third-order valence-electron chi connectivity index (χ3n) is 3.93. The minimum Gasteiger partial charge on any atom is -0.483 e. The van der Waals surface area contributed by atoms with Crippen LogP contribution in [0.5, 0.6) is 0 Å². The zero-order valence-corrected chi connectivity index (χ0v) is 14.2. The number of aldehydes is 1. The molecule has 2 atom stereocenters. The molecular weight excluding hydrogens is 292 g/mol. The van der Waals surface area contributed by atoms with Gasteiger partial charge in [-0.05, 0) is 30.4 Å². The molecule has 1 aliphatic rings. The number of carbonyl (C=O) groups is 1.